The molecule has 1 atom stereocenters. The molecule has 0 fully saturated rings. The van der Waals surface area contributed by atoms with Gasteiger partial charge in [-0.1, -0.05) is 0 Å². The fraction of sp³-hybridized carbons (Fsp3) is 1.00. The zero-order valence-electron chi connectivity index (χ0n) is 6.93. The predicted octanol–water partition coefficient (Wildman–Crippen LogP) is -3.40. The van der Waals surface area contributed by atoms with E-state index in [1.54, 1.807) is 0 Å². The van der Waals surface area contributed by atoms with E-state index < -0.39 is 12.1 Å². The van der Waals surface area contributed by atoms with Gasteiger partial charge in [0.25, 0.3) is 0 Å². The third kappa shape index (κ3) is 12.4. The summed E-state index contributed by atoms with van der Waals surface area (Å²) in [5.74, 6) is 0. The van der Waals surface area contributed by atoms with Crippen molar-refractivity contribution in [2.75, 3.05) is 26.4 Å². The lowest BCUT2D eigenvalue weighted by Gasteiger charge is -1.98. The molecule has 0 saturated heterocycles. The van der Waals surface area contributed by atoms with Crippen molar-refractivity contribution in [3.63, 3.8) is 0 Å². The van der Waals surface area contributed by atoms with Crippen molar-refractivity contribution in [1.82, 2.24) is 0 Å². The van der Waals surface area contributed by atoms with E-state index in [0.29, 0.717) is 0 Å². The molecule has 0 spiro atoms. The molecule has 0 bridgehead atoms. The second-order valence-electron chi connectivity index (χ2n) is 2.20. The number of hydrogen-bond acceptors (Lipinski definition) is 6. The minimum absolute atomic E-state index is 0.135. The van der Waals surface area contributed by atoms with Gasteiger partial charge in [-0.25, -0.2) is 0 Å². The summed E-state index contributed by atoms with van der Waals surface area (Å²) in [6.45, 7) is -0.389. The van der Waals surface area contributed by atoms with E-state index in [0.717, 1.165) is 0 Å². The number of rotatable bonds is 4. The van der Waals surface area contributed by atoms with Crippen LogP contribution in [0.5, 0.6) is 0 Å². The molecule has 0 aliphatic rings. The molecular formula is C6H18N2O4. The fourth-order valence-corrected chi connectivity index (χ4v) is 0.132. The summed E-state index contributed by atoms with van der Waals surface area (Å²) in [5, 5.41) is 32.4. The highest BCUT2D eigenvalue weighted by Gasteiger charge is 1.92. The molecule has 0 radical (unpaired) electrons. The van der Waals surface area contributed by atoms with E-state index in [1.807, 2.05) is 0 Å². The third-order valence-corrected chi connectivity index (χ3v) is 0.952. The van der Waals surface area contributed by atoms with Gasteiger partial charge in [0.05, 0.1) is 32.0 Å². The summed E-state index contributed by atoms with van der Waals surface area (Å²) in [5.41, 5.74) is 9.84. The predicted molar refractivity (Wildman–Crippen MR) is 44.3 cm³/mol. The summed E-state index contributed by atoms with van der Waals surface area (Å²) in [7, 11) is 0. The van der Waals surface area contributed by atoms with Gasteiger partial charge in [-0.2, -0.15) is 0 Å². The van der Waals surface area contributed by atoms with Gasteiger partial charge in [0.15, 0.2) is 0 Å². The van der Waals surface area contributed by atoms with E-state index in [1.165, 1.54) is 0 Å². The van der Waals surface area contributed by atoms with Crippen molar-refractivity contribution in [3.05, 3.63) is 0 Å². The molecule has 1 unspecified atom stereocenters. The molecule has 12 heavy (non-hydrogen) atoms. The van der Waals surface area contributed by atoms with E-state index in [-0.39, 0.29) is 26.4 Å². The first kappa shape index (κ1) is 14.3. The Morgan fingerprint density at radius 2 is 1.42 bits per heavy atom. The van der Waals surface area contributed by atoms with Gasteiger partial charge in [-0.05, 0) is 0 Å². The van der Waals surface area contributed by atoms with Crippen molar-refractivity contribution in [1.29, 1.82) is 0 Å². The minimum Gasteiger partial charge on any atom is -0.395 e. The van der Waals surface area contributed by atoms with Crippen LogP contribution >= 0.6 is 0 Å². The van der Waals surface area contributed by atoms with Crippen LogP contribution in [0.4, 0.5) is 0 Å². The third-order valence-electron chi connectivity index (χ3n) is 0.952. The van der Waals surface area contributed by atoms with Crippen molar-refractivity contribution in [2.45, 2.75) is 12.1 Å². The molecule has 0 aliphatic heterocycles. The molecule has 8 N–H and O–H groups in total. The van der Waals surface area contributed by atoms with Crippen LogP contribution in [0, 0.1) is 0 Å². The van der Waals surface area contributed by atoms with Crippen LogP contribution in [0.3, 0.4) is 0 Å². The normalized spacial score (nSPS) is 12.2. The number of hydrogen-bond donors (Lipinski definition) is 6. The SMILES string of the molecule is NC(CO)CO.NCC(O)CO. The Hall–Kier alpha value is -0.240. The zero-order valence-corrected chi connectivity index (χ0v) is 6.93. The Morgan fingerprint density at radius 3 is 1.42 bits per heavy atom. The molecule has 0 aliphatic carbocycles. The maximum absolute atomic E-state index is 8.29. The topological polar surface area (TPSA) is 133 Å². The summed E-state index contributed by atoms with van der Waals surface area (Å²) in [6, 6.07) is -0.454. The van der Waals surface area contributed by atoms with Crippen LogP contribution in [0.15, 0.2) is 0 Å². The number of nitrogens with two attached hydrogens (primary N) is 2. The van der Waals surface area contributed by atoms with Crippen LogP contribution in [0.1, 0.15) is 0 Å². The highest BCUT2D eigenvalue weighted by molar-refractivity contribution is 4.52. The lowest BCUT2D eigenvalue weighted by molar-refractivity contribution is 0.102. The first-order chi connectivity index (χ1) is 5.62. The van der Waals surface area contributed by atoms with Crippen LogP contribution in [0.25, 0.3) is 0 Å². The van der Waals surface area contributed by atoms with Crippen LogP contribution in [-0.4, -0.2) is 58.9 Å². The zero-order chi connectivity index (χ0) is 9.98. The first-order valence-corrected chi connectivity index (χ1v) is 3.58. The van der Waals surface area contributed by atoms with E-state index in [4.69, 9.17) is 31.9 Å². The minimum atomic E-state index is -0.731. The second-order valence-corrected chi connectivity index (χ2v) is 2.20. The van der Waals surface area contributed by atoms with Gasteiger partial charge in [-0.15, -0.1) is 0 Å². The molecule has 0 aromatic rings. The molecule has 6 nitrogen and oxygen atoms in total. The average Bonchev–Trinajstić information content (AvgIpc) is 2.16. The van der Waals surface area contributed by atoms with Gasteiger partial charge in [-0.3, -0.25) is 0 Å². The van der Waals surface area contributed by atoms with Crippen molar-refractivity contribution >= 4 is 0 Å². The van der Waals surface area contributed by atoms with Gasteiger partial charge in [0.1, 0.15) is 0 Å². The largest absolute Gasteiger partial charge is 0.395 e. The van der Waals surface area contributed by atoms with Gasteiger partial charge >= 0.3 is 0 Å². The molecule has 0 rings (SSSR count). The summed E-state index contributed by atoms with van der Waals surface area (Å²) in [6.07, 6.45) is -0.731. The molecule has 6 heteroatoms. The Bertz CT molecular complexity index is 65.9. The Kier molecular flexibility index (Phi) is 12.8. The maximum atomic E-state index is 8.29. The van der Waals surface area contributed by atoms with Gasteiger partial charge in [0.2, 0.25) is 0 Å². The number of aliphatic hydroxyl groups excluding tert-OH is 4. The maximum Gasteiger partial charge on any atom is 0.0892 e. The average molecular weight is 182 g/mol. The van der Waals surface area contributed by atoms with E-state index >= 15 is 0 Å². The van der Waals surface area contributed by atoms with Crippen LogP contribution in [0.2, 0.25) is 0 Å². The smallest absolute Gasteiger partial charge is 0.0892 e. The first-order valence-electron chi connectivity index (χ1n) is 3.58. The fourth-order valence-electron chi connectivity index (χ4n) is 0.132. The molecule has 0 aromatic carbocycles. The van der Waals surface area contributed by atoms with Crippen molar-refractivity contribution < 1.29 is 20.4 Å². The van der Waals surface area contributed by atoms with Gasteiger partial charge < -0.3 is 31.9 Å². The molecule has 76 valence electrons. The lowest BCUT2D eigenvalue weighted by Crippen LogP contribution is -2.27. The molecule has 0 aromatic heterocycles. The Labute approximate surface area is 71.4 Å². The highest BCUT2D eigenvalue weighted by Crippen LogP contribution is 1.69. The quantitative estimate of drug-likeness (QED) is 0.268. The van der Waals surface area contributed by atoms with Crippen molar-refractivity contribution in [2.24, 2.45) is 11.5 Å². The van der Waals surface area contributed by atoms with Crippen LogP contribution in [-0.2, 0) is 0 Å². The Balaban J connectivity index is 0. The second kappa shape index (κ2) is 10.8. The Morgan fingerprint density at radius 1 is 1.00 bits per heavy atom. The van der Waals surface area contributed by atoms with Crippen LogP contribution < -0.4 is 11.5 Å². The van der Waals surface area contributed by atoms with E-state index in [2.05, 4.69) is 0 Å². The van der Waals surface area contributed by atoms with E-state index in [9.17, 15) is 0 Å². The monoisotopic (exact) mass is 182 g/mol. The van der Waals surface area contributed by atoms with Gasteiger partial charge in [0, 0.05) is 6.54 Å². The van der Waals surface area contributed by atoms with Crippen molar-refractivity contribution in [3.8, 4) is 0 Å². The molecule has 0 saturated carbocycles. The summed E-state index contributed by atoms with van der Waals surface area (Å²) in [4.78, 5) is 0. The summed E-state index contributed by atoms with van der Waals surface area (Å²) >= 11 is 0. The standard InChI is InChI=1S/2C3H9NO2/c4-3(1-5)2-6;4-1-3(6)2-5/h2*3,5-6H,1-2,4H2. The molecule has 0 amide bonds. The number of aliphatic hydroxyl groups is 4. The lowest BCUT2D eigenvalue weighted by atomic mass is 10.4. The molecule has 0 heterocycles. The summed E-state index contributed by atoms with van der Waals surface area (Å²) < 4.78 is 0. The molecular weight excluding hydrogens is 164 g/mol. The highest BCUT2D eigenvalue weighted by atomic mass is 16.3.